The lowest BCUT2D eigenvalue weighted by Gasteiger charge is -2.32. The molecule has 0 unspecified atom stereocenters. The van der Waals surface area contributed by atoms with E-state index in [-0.39, 0.29) is 0 Å². The van der Waals surface area contributed by atoms with Crippen LogP contribution in [0.5, 0.6) is 11.5 Å². The monoisotopic (exact) mass is 526 g/mol. The number of rotatable bonds is 15. The van der Waals surface area contributed by atoms with Crippen molar-refractivity contribution in [2.75, 3.05) is 31.2 Å². The summed E-state index contributed by atoms with van der Waals surface area (Å²) < 4.78 is 12.3. The Morgan fingerprint density at radius 1 is 0.795 bits per heavy atom. The summed E-state index contributed by atoms with van der Waals surface area (Å²) in [6.45, 7) is 5.90. The van der Waals surface area contributed by atoms with Crippen LogP contribution >= 0.6 is 0 Å². The molecule has 39 heavy (non-hydrogen) atoms. The Hall–Kier alpha value is -2.82. The summed E-state index contributed by atoms with van der Waals surface area (Å²) in [6, 6.07) is 26.5. The number of unbranched alkanes of at least 4 members (excludes halogenated alkanes) is 6. The summed E-state index contributed by atoms with van der Waals surface area (Å²) in [7, 11) is 0. The molecule has 2 heterocycles. The topological polar surface area (TPSA) is 33.7 Å². The van der Waals surface area contributed by atoms with Crippen molar-refractivity contribution in [3.63, 3.8) is 0 Å². The fourth-order valence-corrected chi connectivity index (χ4v) is 6.09. The first-order valence-electron chi connectivity index (χ1n) is 15.4. The molecule has 3 aromatic carbocycles. The lowest BCUT2D eigenvalue weighted by molar-refractivity contribution is 0.109. The van der Waals surface area contributed by atoms with E-state index in [9.17, 15) is 0 Å². The van der Waals surface area contributed by atoms with Gasteiger partial charge in [0.1, 0.15) is 0 Å². The van der Waals surface area contributed by atoms with E-state index in [2.05, 4.69) is 77.8 Å². The Bertz CT molecular complexity index is 1100. The highest BCUT2D eigenvalue weighted by Gasteiger charge is 2.28. The van der Waals surface area contributed by atoms with Crippen molar-refractivity contribution < 1.29 is 9.47 Å². The third kappa shape index (κ3) is 7.43. The second kappa shape index (κ2) is 14.5. The number of hydrogen-bond acceptors (Lipinski definition) is 4. The molecule has 2 aliphatic heterocycles. The molecule has 5 rings (SSSR count). The van der Waals surface area contributed by atoms with Crippen LogP contribution in [0.15, 0.2) is 72.8 Å². The van der Waals surface area contributed by atoms with Crippen LogP contribution in [0.4, 0.5) is 11.4 Å². The van der Waals surface area contributed by atoms with Crippen molar-refractivity contribution in [2.45, 2.75) is 83.1 Å². The smallest absolute Gasteiger partial charge is 0.151 e. The number of hydrogen-bond donors (Lipinski definition) is 1. The molecule has 4 nitrogen and oxygen atoms in total. The summed E-state index contributed by atoms with van der Waals surface area (Å²) in [4.78, 5) is 2.39. The van der Waals surface area contributed by atoms with E-state index in [0.717, 1.165) is 62.0 Å². The first kappa shape index (κ1) is 27.7. The predicted octanol–water partition coefficient (Wildman–Crippen LogP) is 8.78. The molecule has 2 aliphatic rings. The molecule has 1 fully saturated rings. The van der Waals surface area contributed by atoms with Gasteiger partial charge in [-0.3, -0.25) is 0 Å². The van der Waals surface area contributed by atoms with E-state index in [1.54, 1.807) is 0 Å². The third-order valence-electron chi connectivity index (χ3n) is 8.32. The summed E-state index contributed by atoms with van der Waals surface area (Å²) in [5, 5.41) is 3.70. The van der Waals surface area contributed by atoms with Crippen LogP contribution in [0.3, 0.4) is 0 Å². The second-order valence-corrected chi connectivity index (χ2v) is 11.2. The molecule has 0 aliphatic carbocycles. The van der Waals surface area contributed by atoms with Crippen molar-refractivity contribution >= 4 is 11.4 Å². The lowest BCUT2D eigenvalue weighted by atomic mass is 9.91. The molecular weight excluding hydrogens is 480 g/mol. The number of anilines is 2. The molecule has 4 heteroatoms. The van der Waals surface area contributed by atoms with Gasteiger partial charge in [-0.1, -0.05) is 87.6 Å². The molecule has 0 amide bonds. The number of nitrogens with one attached hydrogen (secondary N) is 1. The number of benzene rings is 3. The van der Waals surface area contributed by atoms with Gasteiger partial charge in [0, 0.05) is 25.1 Å². The number of fused-ring (bicyclic) bond motifs is 2. The largest absolute Gasteiger partial charge is 0.453 e. The highest BCUT2D eigenvalue weighted by molar-refractivity contribution is 5.77. The zero-order chi connectivity index (χ0) is 26.7. The maximum atomic E-state index is 6.21. The maximum Gasteiger partial charge on any atom is 0.151 e. The molecular formula is C35H46N2O2. The summed E-state index contributed by atoms with van der Waals surface area (Å²) >= 11 is 0. The van der Waals surface area contributed by atoms with E-state index in [1.807, 2.05) is 12.1 Å². The van der Waals surface area contributed by atoms with Gasteiger partial charge in [-0.25, -0.2) is 0 Å². The molecule has 1 saturated heterocycles. The fourth-order valence-electron chi connectivity index (χ4n) is 6.09. The number of para-hydroxylation sites is 4. The Morgan fingerprint density at radius 2 is 1.49 bits per heavy atom. The third-order valence-corrected chi connectivity index (χ3v) is 8.32. The SMILES string of the molecule is CCCCCCCCc1ccc([C@H]2CCN[C@@H]2COCCCCN2c3ccccc3Oc3ccccc32)cc1. The van der Waals surface area contributed by atoms with E-state index < -0.39 is 0 Å². The van der Waals surface area contributed by atoms with E-state index in [4.69, 9.17) is 9.47 Å². The lowest BCUT2D eigenvalue weighted by Crippen LogP contribution is -2.31. The van der Waals surface area contributed by atoms with Gasteiger partial charge in [-0.2, -0.15) is 0 Å². The van der Waals surface area contributed by atoms with E-state index >= 15 is 0 Å². The number of ether oxygens (including phenoxy) is 2. The highest BCUT2D eigenvalue weighted by atomic mass is 16.5. The zero-order valence-electron chi connectivity index (χ0n) is 23.7. The van der Waals surface area contributed by atoms with Crippen molar-refractivity contribution in [1.29, 1.82) is 0 Å². The molecule has 2 atom stereocenters. The minimum atomic E-state index is 0.410. The Balaban J connectivity index is 1.03. The second-order valence-electron chi connectivity index (χ2n) is 11.2. The quantitative estimate of drug-likeness (QED) is 0.201. The van der Waals surface area contributed by atoms with Crippen LogP contribution in [0.25, 0.3) is 0 Å². The maximum absolute atomic E-state index is 6.21. The Kier molecular flexibility index (Phi) is 10.3. The van der Waals surface area contributed by atoms with E-state index in [0.29, 0.717) is 12.0 Å². The van der Waals surface area contributed by atoms with Crippen LogP contribution < -0.4 is 15.0 Å². The molecule has 0 radical (unpaired) electrons. The van der Waals surface area contributed by atoms with Crippen molar-refractivity contribution in [3.8, 4) is 11.5 Å². The van der Waals surface area contributed by atoms with Gasteiger partial charge < -0.3 is 19.7 Å². The van der Waals surface area contributed by atoms with Gasteiger partial charge in [0.2, 0.25) is 0 Å². The Morgan fingerprint density at radius 3 is 2.23 bits per heavy atom. The van der Waals surface area contributed by atoms with Crippen molar-refractivity contribution in [2.24, 2.45) is 0 Å². The summed E-state index contributed by atoms with van der Waals surface area (Å²) in [6.07, 6.45) is 12.7. The van der Waals surface area contributed by atoms with Crippen molar-refractivity contribution in [3.05, 3.63) is 83.9 Å². The van der Waals surface area contributed by atoms with Crippen LogP contribution in [0, 0.1) is 0 Å². The van der Waals surface area contributed by atoms with Gasteiger partial charge in [0.25, 0.3) is 0 Å². The average molecular weight is 527 g/mol. The average Bonchev–Trinajstić information content (AvgIpc) is 3.45. The van der Waals surface area contributed by atoms with Crippen LogP contribution in [0.2, 0.25) is 0 Å². The fraction of sp³-hybridized carbons (Fsp3) is 0.486. The molecule has 3 aromatic rings. The number of nitrogens with zero attached hydrogens (tertiary/aromatic N) is 1. The minimum Gasteiger partial charge on any atom is -0.453 e. The normalized spacial score (nSPS) is 18.0. The molecule has 0 bridgehead atoms. The predicted molar refractivity (Wildman–Crippen MR) is 163 cm³/mol. The van der Waals surface area contributed by atoms with Crippen molar-refractivity contribution in [1.82, 2.24) is 5.32 Å². The summed E-state index contributed by atoms with van der Waals surface area (Å²) in [5.41, 5.74) is 5.24. The standard InChI is InChI=1S/C35H46N2O2/c1-2-3-4-5-6-7-14-28-19-21-29(22-20-28)30-23-24-36-31(30)27-38-26-13-12-25-37-32-15-8-10-17-34(32)39-35-18-11-9-16-33(35)37/h8-11,15-22,30-31,36H,2-7,12-14,23-27H2,1H3/t30-,31-/m1/s1. The first-order chi connectivity index (χ1) is 19.3. The molecule has 208 valence electrons. The van der Waals surface area contributed by atoms with Gasteiger partial charge in [-0.15, -0.1) is 0 Å². The molecule has 1 N–H and O–H groups in total. The number of aryl methyl sites for hydroxylation is 1. The minimum absolute atomic E-state index is 0.410. The van der Waals surface area contributed by atoms with Gasteiger partial charge >= 0.3 is 0 Å². The molecule has 0 saturated carbocycles. The van der Waals surface area contributed by atoms with Gasteiger partial charge in [-0.05, 0) is 74.0 Å². The zero-order valence-corrected chi connectivity index (χ0v) is 23.7. The van der Waals surface area contributed by atoms with Crippen LogP contribution in [0.1, 0.15) is 81.8 Å². The molecule has 0 spiro atoms. The van der Waals surface area contributed by atoms with Crippen LogP contribution in [-0.2, 0) is 11.2 Å². The Labute approximate surface area is 235 Å². The van der Waals surface area contributed by atoms with Gasteiger partial charge in [0.05, 0.1) is 18.0 Å². The highest BCUT2D eigenvalue weighted by Crippen LogP contribution is 2.46. The summed E-state index contributed by atoms with van der Waals surface area (Å²) in [5.74, 6) is 2.41. The van der Waals surface area contributed by atoms with E-state index in [1.165, 1.54) is 62.5 Å². The molecule has 0 aromatic heterocycles. The van der Waals surface area contributed by atoms with Gasteiger partial charge in [0.15, 0.2) is 11.5 Å². The van der Waals surface area contributed by atoms with Crippen LogP contribution in [-0.4, -0.2) is 32.3 Å². The first-order valence-corrected chi connectivity index (χ1v) is 15.4.